The number of hydrogen-bond acceptors (Lipinski definition) is 5. The van der Waals surface area contributed by atoms with Gasteiger partial charge in [-0.1, -0.05) is 30.3 Å². The second-order valence-corrected chi connectivity index (χ2v) is 7.59. The Bertz CT molecular complexity index is 1140. The number of benzene rings is 3. The number of nitrogens with zero attached hydrogens (tertiary/aromatic N) is 3. The Morgan fingerprint density at radius 3 is 2.22 bits per heavy atom. The minimum absolute atomic E-state index is 0.00540. The van der Waals surface area contributed by atoms with Gasteiger partial charge in [-0.25, -0.2) is 0 Å². The van der Waals surface area contributed by atoms with Crippen LogP contribution < -0.4 is 14.4 Å². The third kappa shape index (κ3) is 4.37. The zero-order chi connectivity index (χ0) is 22.5. The molecule has 1 fully saturated rings. The van der Waals surface area contributed by atoms with Crippen molar-refractivity contribution >= 4 is 11.6 Å². The van der Waals surface area contributed by atoms with E-state index in [4.69, 9.17) is 9.47 Å². The molecule has 6 nitrogen and oxygen atoms in total. The quantitative estimate of drug-likeness (QED) is 0.610. The van der Waals surface area contributed by atoms with Crippen LogP contribution in [-0.2, 0) is 0 Å². The van der Waals surface area contributed by atoms with E-state index in [-0.39, 0.29) is 5.91 Å². The molecule has 0 unspecified atom stereocenters. The third-order valence-corrected chi connectivity index (χ3v) is 5.73. The highest BCUT2D eigenvalue weighted by Crippen LogP contribution is 2.30. The van der Waals surface area contributed by atoms with Crippen LogP contribution in [0.2, 0.25) is 0 Å². The minimum atomic E-state index is 0.00540. The first-order valence-electron chi connectivity index (χ1n) is 10.5. The lowest BCUT2D eigenvalue weighted by molar-refractivity contribution is 0.0747. The van der Waals surface area contributed by atoms with Crippen LogP contribution in [0.25, 0.3) is 11.1 Å². The smallest absolute Gasteiger partial charge is 0.254 e. The van der Waals surface area contributed by atoms with Crippen LogP contribution in [0, 0.1) is 11.3 Å². The molecule has 0 radical (unpaired) electrons. The maximum absolute atomic E-state index is 13.4. The summed E-state index contributed by atoms with van der Waals surface area (Å²) in [7, 11) is 3.28. The standard InChI is InChI=1S/C26H25N3O3/c1-31-22-15-21(16-23(17-22)32-2)28-10-12-29(13-11-28)26(30)25-9-4-3-8-24(25)20-7-5-6-19(14-20)18-27/h3-9,14-17H,10-13H2,1-2H3. The van der Waals surface area contributed by atoms with Crippen molar-refractivity contribution < 1.29 is 14.3 Å². The lowest BCUT2D eigenvalue weighted by Gasteiger charge is -2.36. The molecule has 1 saturated heterocycles. The highest BCUT2D eigenvalue weighted by Gasteiger charge is 2.24. The van der Waals surface area contributed by atoms with Crippen molar-refractivity contribution in [3.05, 3.63) is 77.9 Å². The van der Waals surface area contributed by atoms with E-state index in [1.54, 1.807) is 20.3 Å². The van der Waals surface area contributed by atoms with E-state index in [1.807, 2.05) is 65.6 Å². The highest BCUT2D eigenvalue weighted by molar-refractivity contribution is 6.01. The largest absolute Gasteiger partial charge is 0.497 e. The van der Waals surface area contributed by atoms with Crippen LogP contribution in [0.3, 0.4) is 0 Å². The van der Waals surface area contributed by atoms with E-state index < -0.39 is 0 Å². The predicted octanol–water partition coefficient (Wildman–Crippen LogP) is 4.20. The molecule has 0 aromatic heterocycles. The molecule has 0 aliphatic carbocycles. The summed E-state index contributed by atoms with van der Waals surface area (Å²) in [5, 5.41) is 9.23. The molecule has 4 rings (SSSR count). The van der Waals surface area contributed by atoms with Crippen LogP contribution >= 0.6 is 0 Å². The predicted molar refractivity (Wildman–Crippen MR) is 124 cm³/mol. The summed E-state index contributed by atoms with van der Waals surface area (Å²) in [6.45, 7) is 2.66. The Morgan fingerprint density at radius 1 is 0.875 bits per heavy atom. The summed E-state index contributed by atoms with van der Waals surface area (Å²) in [6.07, 6.45) is 0. The molecule has 0 N–H and O–H groups in total. The molecule has 162 valence electrons. The van der Waals surface area contributed by atoms with Crippen molar-refractivity contribution in [1.82, 2.24) is 4.90 Å². The van der Waals surface area contributed by atoms with Gasteiger partial charge in [-0.15, -0.1) is 0 Å². The average molecular weight is 428 g/mol. The lowest BCUT2D eigenvalue weighted by atomic mass is 9.97. The SMILES string of the molecule is COc1cc(OC)cc(N2CCN(C(=O)c3ccccc3-c3cccc(C#N)c3)CC2)c1. The Hall–Kier alpha value is -3.98. The summed E-state index contributed by atoms with van der Waals surface area (Å²) in [6, 6.07) is 22.9. The van der Waals surface area contributed by atoms with Crippen LogP contribution in [0.1, 0.15) is 15.9 Å². The van der Waals surface area contributed by atoms with Crippen LogP contribution in [0.5, 0.6) is 11.5 Å². The first kappa shape index (κ1) is 21.3. The molecule has 3 aromatic carbocycles. The van der Waals surface area contributed by atoms with Crippen LogP contribution in [0.4, 0.5) is 5.69 Å². The Kier molecular flexibility index (Phi) is 6.27. The third-order valence-electron chi connectivity index (χ3n) is 5.73. The lowest BCUT2D eigenvalue weighted by Crippen LogP contribution is -2.48. The number of methoxy groups -OCH3 is 2. The zero-order valence-electron chi connectivity index (χ0n) is 18.2. The number of carbonyl (C=O) groups excluding carboxylic acids is 1. The molecule has 6 heteroatoms. The summed E-state index contributed by atoms with van der Waals surface area (Å²) in [5.74, 6) is 1.49. The molecule has 0 atom stereocenters. The molecule has 1 aliphatic heterocycles. The van der Waals surface area contributed by atoms with Gasteiger partial charge in [0.15, 0.2) is 0 Å². The fourth-order valence-electron chi connectivity index (χ4n) is 3.99. The maximum Gasteiger partial charge on any atom is 0.254 e. The van der Waals surface area contributed by atoms with Gasteiger partial charge in [0, 0.05) is 55.6 Å². The van der Waals surface area contributed by atoms with Crippen LogP contribution in [-0.4, -0.2) is 51.2 Å². The molecule has 1 heterocycles. The number of ether oxygens (including phenoxy) is 2. The number of anilines is 1. The number of nitriles is 1. The maximum atomic E-state index is 13.4. The van der Waals surface area contributed by atoms with E-state index in [0.717, 1.165) is 28.3 Å². The van der Waals surface area contributed by atoms with Gasteiger partial charge in [0.25, 0.3) is 5.91 Å². The van der Waals surface area contributed by atoms with Crippen molar-refractivity contribution in [1.29, 1.82) is 5.26 Å². The van der Waals surface area contributed by atoms with E-state index in [0.29, 0.717) is 37.3 Å². The van der Waals surface area contributed by atoms with Crippen molar-refractivity contribution in [2.24, 2.45) is 0 Å². The average Bonchev–Trinajstić information content (AvgIpc) is 2.88. The van der Waals surface area contributed by atoms with E-state index in [1.165, 1.54) is 0 Å². The van der Waals surface area contributed by atoms with Crippen molar-refractivity contribution in [2.45, 2.75) is 0 Å². The number of hydrogen-bond donors (Lipinski definition) is 0. The molecule has 32 heavy (non-hydrogen) atoms. The molecule has 0 spiro atoms. The Balaban J connectivity index is 1.52. The van der Waals surface area contributed by atoms with Gasteiger partial charge < -0.3 is 19.3 Å². The van der Waals surface area contributed by atoms with Gasteiger partial charge >= 0.3 is 0 Å². The van der Waals surface area contributed by atoms with Gasteiger partial charge in [0.1, 0.15) is 11.5 Å². The van der Waals surface area contributed by atoms with Gasteiger partial charge in [-0.2, -0.15) is 5.26 Å². The summed E-state index contributed by atoms with van der Waals surface area (Å²) < 4.78 is 10.8. The molecule has 1 aliphatic rings. The molecule has 3 aromatic rings. The Labute approximate surface area is 188 Å². The Morgan fingerprint density at radius 2 is 1.56 bits per heavy atom. The fourth-order valence-corrected chi connectivity index (χ4v) is 3.99. The molecule has 1 amide bonds. The van der Waals surface area contributed by atoms with E-state index in [9.17, 15) is 10.1 Å². The van der Waals surface area contributed by atoms with Gasteiger partial charge in [-0.05, 0) is 29.3 Å². The normalized spacial score (nSPS) is 13.4. The molecule has 0 bridgehead atoms. The van der Waals surface area contributed by atoms with Gasteiger partial charge in [-0.3, -0.25) is 4.79 Å². The number of piperazine rings is 1. The first-order valence-corrected chi connectivity index (χ1v) is 10.5. The monoisotopic (exact) mass is 427 g/mol. The number of carbonyl (C=O) groups is 1. The fraction of sp³-hybridized carbons (Fsp3) is 0.231. The molecular formula is C26H25N3O3. The number of amides is 1. The van der Waals surface area contributed by atoms with E-state index >= 15 is 0 Å². The number of rotatable bonds is 5. The minimum Gasteiger partial charge on any atom is -0.497 e. The highest BCUT2D eigenvalue weighted by atomic mass is 16.5. The molecular weight excluding hydrogens is 402 g/mol. The molecule has 0 saturated carbocycles. The summed E-state index contributed by atoms with van der Waals surface area (Å²) >= 11 is 0. The van der Waals surface area contributed by atoms with E-state index in [2.05, 4.69) is 11.0 Å². The topological polar surface area (TPSA) is 65.8 Å². The van der Waals surface area contributed by atoms with Crippen molar-refractivity contribution in [2.75, 3.05) is 45.3 Å². The summed E-state index contributed by atoms with van der Waals surface area (Å²) in [4.78, 5) is 17.5. The van der Waals surface area contributed by atoms with Crippen molar-refractivity contribution in [3.63, 3.8) is 0 Å². The summed E-state index contributed by atoms with van der Waals surface area (Å²) in [5.41, 5.74) is 3.96. The van der Waals surface area contributed by atoms with Gasteiger partial charge in [0.2, 0.25) is 0 Å². The van der Waals surface area contributed by atoms with Crippen molar-refractivity contribution in [3.8, 4) is 28.7 Å². The first-order chi connectivity index (χ1) is 15.6. The zero-order valence-corrected chi connectivity index (χ0v) is 18.2. The van der Waals surface area contributed by atoms with Crippen LogP contribution in [0.15, 0.2) is 66.7 Å². The van der Waals surface area contributed by atoms with Gasteiger partial charge in [0.05, 0.1) is 25.9 Å². The second-order valence-electron chi connectivity index (χ2n) is 7.59. The second kappa shape index (κ2) is 9.44.